The van der Waals surface area contributed by atoms with Crippen LogP contribution in [0.4, 0.5) is 0 Å². The molecule has 2 amide bonds. The van der Waals surface area contributed by atoms with Gasteiger partial charge in [0, 0.05) is 17.3 Å². The maximum absolute atomic E-state index is 12.4. The van der Waals surface area contributed by atoms with E-state index in [-0.39, 0.29) is 0 Å². The van der Waals surface area contributed by atoms with Gasteiger partial charge in [0.15, 0.2) is 0 Å². The zero-order valence-corrected chi connectivity index (χ0v) is 11.5. The van der Waals surface area contributed by atoms with Crippen molar-refractivity contribution in [3.63, 3.8) is 0 Å². The molecule has 4 nitrogen and oxygen atoms in total. The first-order chi connectivity index (χ1) is 10.2. The molecular weight excluding hydrogens is 264 g/mol. The number of aryl methyl sites for hydroxylation is 1. The molecular formula is C17H14N2O2. The van der Waals surface area contributed by atoms with E-state index in [4.69, 9.17) is 0 Å². The number of nitrogens with zero attached hydrogens (tertiary/aromatic N) is 1. The van der Waals surface area contributed by atoms with Crippen molar-refractivity contribution in [1.82, 2.24) is 9.72 Å². The van der Waals surface area contributed by atoms with E-state index in [1.54, 1.807) is 28.7 Å². The van der Waals surface area contributed by atoms with Crippen molar-refractivity contribution < 1.29 is 9.59 Å². The van der Waals surface area contributed by atoms with Crippen LogP contribution < -0.4 is 5.32 Å². The number of imide groups is 1. The molecule has 0 unspecified atom stereocenters. The average molecular weight is 278 g/mol. The van der Waals surface area contributed by atoms with Crippen LogP contribution in [0.3, 0.4) is 0 Å². The minimum Gasteiger partial charge on any atom is -0.312 e. The summed E-state index contributed by atoms with van der Waals surface area (Å²) in [6, 6.07) is 16.3. The standard InChI is InChI=1S/C17H14N2O2/c1-12-11-14-9-5-6-10-19(14)15(12)17(21)18-16(20)13-7-3-2-4-8-13/h2-11H,1H3,(H,18,20,21). The lowest BCUT2D eigenvalue weighted by molar-refractivity contribution is 0.0845. The topological polar surface area (TPSA) is 50.6 Å². The van der Waals surface area contributed by atoms with Gasteiger partial charge >= 0.3 is 0 Å². The Morgan fingerprint density at radius 1 is 0.952 bits per heavy atom. The third-order valence-electron chi connectivity index (χ3n) is 3.35. The molecule has 0 saturated carbocycles. The molecule has 1 N–H and O–H groups in total. The number of benzene rings is 1. The van der Waals surface area contributed by atoms with E-state index in [9.17, 15) is 9.59 Å². The molecule has 0 bridgehead atoms. The van der Waals surface area contributed by atoms with Gasteiger partial charge in [0.05, 0.1) is 0 Å². The van der Waals surface area contributed by atoms with Crippen LogP contribution in [0.1, 0.15) is 26.4 Å². The number of hydrogen-bond donors (Lipinski definition) is 1. The van der Waals surface area contributed by atoms with Crippen LogP contribution in [-0.2, 0) is 0 Å². The summed E-state index contributed by atoms with van der Waals surface area (Å²) in [4.78, 5) is 24.4. The molecule has 0 spiro atoms. The van der Waals surface area contributed by atoms with Crippen LogP contribution >= 0.6 is 0 Å². The molecule has 0 radical (unpaired) electrons. The molecule has 0 atom stereocenters. The summed E-state index contributed by atoms with van der Waals surface area (Å²) in [5.41, 5.74) is 2.70. The van der Waals surface area contributed by atoms with E-state index in [1.807, 2.05) is 43.5 Å². The molecule has 1 aromatic carbocycles. The SMILES string of the molecule is Cc1cc2ccccn2c1C(=O)NC(=O)c1ccccc1. The summed E-state index contributed by atoms with van der Waals surface area (Å²) in [5.74, 6) is -0.793. The summed E-state index contributed by atoms with van der Waals surface area (Å²) >= 11 is 0. The molecule has 0 fully saturated rings. The van der Waals surface area contributed by atoms with E-state index < -0.39 is 11.8 Å². The highest BCUT2D eigenvalue weighted by molar-refractivity contribution is 6.10. The highest BCUT2D eigenvalue weighted by atomic mass is 16.2. The highest BCUT2D eigenvalue weighted by Crippen LogP contribution is 2.15. The van der Waals surface area contributed by atoms with E-state index in [1.165, 1.54) is 0 Å². The normalized spacial score (nSPS) is 10.5. The van der Waals surface area contributed by atoms with Gasteiger partial charge in [-0.1, -0.05) is 24.3 Å². The van der Waals surface area contributed by atoms with Crippen molar-refractivity contribution >= 4 is 17.3 Å². The van der Waals surface area contributed by atoms with Gasteiger partial charge in [-0.3, -0.25) is 14.9 Å². The maximum Gasteiger partial charge on any atom is 0.275 e. The van der Waals surface area contributed by atoms with Gasteiger partial charge in [0.2, 0.25) is 0 Å². The summed E-state index contributed by atoms with van der Waals surface area (Å²) in [5, 5.41) is 2.43. The Morgan fingerprint density at radius 2 is 1.67 bits per heavy atom. The molecule has 0 saturated heterocycles. The summed E-state index contributed by atoms with van der Waals surface area (Å²) in [7, 11) is 0. The predicted molar refractivity (Wildman–Crippen MR) is 80.4 cm³/mol. The highest BCUT2D eigenvalue weighted by Gasteiger charge is 2.17. The van der Waals surface area contributed by atoms with Crippen LogP contribution in [0.15, 0.2) is 60.8 Å². The third kappa shape index (κ3) is 2.43. The lowest BCUT2D eigenvalue weighted by atomic mass is 10.2. The van der Waals surface area contributed by atoms with Gasteiger partial charge in [0.25, 0.3) is 11.8 Å². The number of hydrogen-bond acceptors (Lipinski definition) is 2. The van der Waals surface area contributed by atoms with Crippen molar-refractivity contribution in [2.45, 2.75) is 6.92 Å². The zero-order valence-electron chi connectivity index (χ0n) is 11.5. The Kier molecular flexibility index (Phi) is 3.28. The molecule has 2 aromatic heterocycles. The lowest BCUT2D eigenvalue weighted by Gasteiger charge is -2.06. The van der Waals surface area contributed by atoms with E-state index in [2.05, 4.69) is 5.32 Å². The number of fused-ring (bicyclic) bond motifs is 1. The van der Waals surface area contributed by atoms with Crippen molar-refractivity contribution in [3.05, 3.63) is 77.6 Å². The van der Waals surface area contributed by atoms with Crippen molar-refractivity contribution in [1.29, 1.82) is 0 Å². The molecule has 3 rings (SSSR count). The first kappa shape index (κ1) is 13.1. The Balaban J connectivity index is 1.91. The smallest absolute Gasteiger partial charge is 0.275 e. The van der Waals surface area contributed by atoms with Gasteiger partial charge < -0.3 is 4.40 Å². The molecule has 0 aliphatic rings. The van der Waals surface area contributed by atoms with Crippen LogP contribution in [-0.4, -0.2) is 16.2 Å². The average Bonchev–Trinajstić information content (AvgIpc) is 2.83. The van der Waals surface area contributed by atoms with Gasteiger partial charge in [0.1, 0.15) is 5.69 Å². The van der Waals surface area contributed by atoms with Gasteiger partial charge in [-0.05, 0) is 42.8 Å². The molecule has 104 valence electrons. The minimum atomic E-state index is -0.397. The first-order valence-electron chi connectivity index (χ1n) is 6.64. The minimum absolute atomic E-state index is 0.396. The monoisotopic (exact) mass is 278 g/mol. The molecule has 2 heterocycles. The van der Waals surface area contributed by atoms with Gasteiger partial charge in [-0.25, -0.2) is 0 Å². The molecule has 0 aliphatic heterocycles. The number of pyridine rings is 1. The number of amides is 2. The van der Waals surface area contributed by atoms with Crippen LogP contribution in [0.5, 0.6) is 0 Å². The molecule has 3 aromatic rings. The quantitative estimate of drug-likeness (QED) is 0.733. The fraction of sp³-hybridized carbons (Fsp3) is 0.0588. The van der Waals surface area contributed by atoms with Crippen molar-refractivity contribution in [2.75, 3.05) is 0 Å². The number of nitrogens with one attached hydrogen (secondary N) is 1. The summed E-state index contributed by atoms with van der Waals surface area (Å²) in [6.45, 7) is 1.86. The fourth-order valence-electron chi connectivity index (χ4n) is 2.37. The summed E-state index contributed by atoms with van der Waals surface area (Å²) < 4.78 is 1.78. The second kappa shape index (κ2) is 5.25. The van der Waals surface area contributed by atoms with E-state index >= 15 is 0 Å². The number of aromatic nitrogens is 1. The van der Waals surface area contributed by atoms with E-state index in [0.29, 0.717) is 11.3 Å². The van der Waals surface area contributed by atoms with Crippen LogP contribution in [0.25, 0.3) is 5.52 Å². The van der Waals surface area contributed by atoms with Gasteiger partial charge in [-0.15, -0.1) is 0 Å². The second-order valence-electron chi connectivity index (χ2n) is 4.82. The molecule has 21 heavy (non-hydrogen) atoms. The Labute approximate surface area is 122 Å². The number of carbonyl (C=O) groups is 2. The van der Waals surface area contributed by atoms with Crippen molar-refractivity contribution in [2.24, 2.45) is 0 Å². The molecule has 0 aliphatic carbocycles. The zero-order chi connectivity index (χ0) is 14.8. The lowest BCUT2D eigenvalue weighted by Crippen LogP contribution is -2.31. The summed E-state index contributed by atoms with van der Waals surface area (Å²) in [6.07, 6.45) is 1.81. The fourth-order valence-corrected chi connectivity index (χ4v) is 2.37. The van der Waals surface area contributed by atoms with E-state index in [0.717, 1.165) is 11.1 Å². The Hall–Kier alpha value is -2.88. The van der Waals surface area contributed by atoms with Crippen LogP contribution in [0, 0.1) is 6.92 Å². The second-order valence-corrected chi connectivity index (χ2v) is 4.82. The van der Waals surface area contributed by atoms with Crippen molar-refractivity contribution in [3.8, 4) is 0 Å². The van der Waals surface area contributed by atoms with Crippen LogP contribution in [0.2, 0.25) is 0 Å². The molecule has 4 heteroatoms. The Bertz CT molecular complexity index is 819. The van der Waals surface area contributed by atoms with Gasteiger partial charge in [-0.2, -0.15) is 0 Å². The number of rotatable bonds is 2. The first-order valence-corrected chi connectivity index (χ1v) is 6.64. The predicted octanol–water partition coefficient (Wildman–Crippen LogP) is 2.82. The third-order valence-corrected chi connectivity index (χ3v) is 3.35. The largest absolute Gasteiger partial charge is 0.312 e. The number of carbonyl (C=O) groups excluding carboxylic acids is 2. The maximum atomic E-state index is 12.4. The Morgan fingerprint density at radius 3 is 2.43 bits per heavy atom.